The molecule has 0 aliphatic heterocycles. The minimum atomic E-state index is -4.01. The third-order valence-corrected chi connectivity index (χ3v) is 3.00. The van der Waals surface area contributed by atoms with Crippen molar-refractivity contribution in [3.8, 4) is 0 Å². The molecule has 2 N–H and O–H groups in total. The number of nitrogens with zero attached hydrogens (tertiary/aromatic N) is 1. The highest BCUT2D eigenvalue weighted by Gasteiger charge is 2.24. The Morgan fingerprint density at radius 3 is 2.33 bits per heavy atom. The third kappa shape index (κ3) is 2.14. The zero-order valence-corrected chi connectivity index (χ0v) is 7.48. The SMILES string of the molecule is CC(c1ccncc1)P(=O)(O)O. The molecule has 0 aliphatic rings. The molecule has 66 valence electrons. The minimum Gasteiger partial charge on any atom is -0.324 e. The average molecular weight is 187 g/mol. The van der Waals surface area contributed by atoms with Crippen molar-refractivity contribution in [3.63, 3.8) is 0 Å². The molecule has 0 aromatic carbocycles. The van der Waals surface area contributed by atoms with Gasteiger partial charge in [-0.15, -0.1) is 0 Å². The number of rotatable bonds is 2. The van der Waals surface area contributed by atoms with E-state index < -0.39 is 13.3 Å². The van der Waals surface area contributed by atoms with E-state index >= 15 is 0 Å². The summed E-state index contributed by atoms with van der Waals surface area (Å²) < 4.78 is 10.8. The van der Waals surface area contributed by atoms with Crippen LogP contribution in [-0.2, 0) is 4.57 Å². The summed E-state index contributed by atoms with van der Waals surface area (Å²) in [6.07, 6.45) is 3.03. The van der Waals surface area contributed by atoms with Crippen molar-refractivity contribution in [1.29, 1.82) is 0 Å². The van der Waals surface area contributed by atoms with Gasteiger partial charge < -0.3 is 9.79 Å². The van der Waals surface area contributed by atoms with Gasteiger partial charge in [0.25, 0.3) is 0 Å². The molecule has 0 aliphatic carbocycles. The Labute approximate surface area is 70.4 Å². The van der Waals surface area contributed by atoms with Crippen LogP contribution in [0, 0.1) is 0 Å². The Kier molecular flexibility index (Phi) is 2.62. The third-order valence-electron chi connectivity index (χ3n) is 1.69. The second-order valence-electron chi connectivity index (χ2n) is 2.55. The molecule has 4 nitrogen and oxygen atoms in total. The maximum atomic E-state index is 10.8. The standard InChI is InChI=1S/C7H10NO3P/c1-6(12(9,10)11)7-2-4-8-5-3-7/h2-6H,1H3,(H2,9,10,11). The molecular weight excluding hydrogens is 177 g/mol. The van der Waals surface area contributed by atoms with Crippen molar-refractivity contribution >= 4 is 7.60 Å². The maximum absolute atomic E-state index is 10.8. The summed E-state index contributed by atoms with van der Waals surface area (Å²) in [5.74, 6) is 0. The monoisotopic (exact) mass is 187 g/mol. The summed E-state index contributed by atoms with van der Waals surface area (Å²) in [7, 11) is -4.01. The van der Waals surface area contributed by atoms with Crippen LogP contribution in [0.1, 0.15) is 18.1 Å². The highest BCUT2D eigenvalue weighted by Crippen LogP contribution is 2.50. The quantitative estimate of drug-likeness (QED) is 0.685. The molecular formula is C7H10NO3P. The van der Waals surface area contributed by atoms with E-state index in [1.54, 1.807) is 12.1 Å². The predicted octanol–water partition coefficient (Wildman–Crippen LogP) is 1.32. The van der Waals surface area contributed by atoms with E-state index in [2.05, 4.69) is 4.98 Å². The molecule has 5 heteroatoms. The summed E-state index contributed by atoms with van der Waals surface area (Å²) >= 11 is 0. The van der Waals surface area contributed by atoms with Gasteiger partial charge >= 0.3 is 7.60 Å². The van der Waals surface area contributed by atoms with Crippen molar-refractivity contribution in [2.45, 2.75) is 12.6 Å². The van der Waals surface area contributed by atoms with Gasteiger partial charge in [0.05, 0.1) is 5.66 Å². The molecule has 1 atom stereocenters. The Morgan fingerprint density at radius 1 is 1.42 bits per heavy atom. The summed E-state index contributed by atoms with van der Waals surface area (Å²) in [6, 6.07) is 3.20. The second kappa shape index (κ2) is 3.35. The molecule has 1 heterocycles. The van der Waals surface area contributed by atoms with Gasteiger partial charge in [0, 0.05) is 12.4 Å². The molecule has 0 fully saturated rings. The second-order valence-corrected chi connectivity index (χ2v) is 4.50. The van der Waals surface area contributed by atoms with Gasteiger partial charge in [-0.05, 0) is 24.6 Å². The molecule has 1 aromatic rings. The van der Waals surface area contributed by atoms with Crippen LogP contribution in [0.5, 0.6) is 0 Å². The first kappa shape index (κ1) is 9.39. The Balaban J connectivity index is 2.94. The van der Waals surface area contributed by atoms with Gasteiger partial charge in [0.2, 0.25) is 0 Å². The van der Waals surface area contributed by atoms with Crippen LogP contribution in [0.4, 0.5) is 0 Å². The number of pyridine rings is 1. The summed E-state index contributed by atoms with van der Waals surface area (Å²) in [5.41, 5.74) is -0.140. The van der Waals surface area contributed by atoms with E-state index in [-0.39, 0.29) is 0 Å². The minimum absolute atomic E-state index is 0.610. The van der Waals surface area contributed by atoms with E-state index in [1.807, 2.05) is 0 Å². The molecule has 1 aromatic heterocycles. The Morgan fingerprint density at radius 2 is 1.92 bits per heavy atom. The zero-order valence-electron chi connectivity index (χ0n) is 6.58. The van der Waals surface area contributed by atoms with Crippen LogP contribution in [0.3, 0.4) is 0 Å². The average Bonchev–Trinajstić information content (AvgIpc) is 2.03. The van der Waals surface area contributed by atoms with E-state index in [4.69, 9.17) is 9.79 Å². The molecule has 0 amide bonds. The van der Waals surface area contributed by atoms with E-state index in [1.165, 1.54) is 19.3 Å². The fraction of sp³-hybridized carbons (Fsp3) is 0.286. The van der Waals surface area contributed by atoms with E-state index in [9.17, 15) is 4.57 Å². The molecule has 0 radical (unpaired) electrons. The molecule has 0 saturated heterocycles. The molecule has 0 spiro atoms. The first-order chi connectivity index (χ1) is 5.52. The molecule has 1 rings (SSSR count). The van der Waals surface area contributed by atoms with Crippen LogP contribution < -0.4 is 0 Å². The Bertz CT molecular complexity index is 295. The number of hydrogen-bond acceptors (Lipinski definition) is 2. The van der Waals surface area contributed by atoms with Gasteiger partial charge in [-0.3, -0.25) is 9.55 Å². The smallest absolute Gasteiger partial charge is 0.324 e. The topological polar surface area (TPSA) is 70.4 Å². The van der Waals surface area contributed by atoms with Gasteiger partial charge in [-0.2, -0.15) is 0 Å². The lowest BCUT2D eigenvalue weighted by Gasteiger charge is -2.12. The molecule has 0 bridgehead atoms. The summed E-state index contributed by atoms with van der Waals surface area (Å²) in [5, 5.41) is 0. The van der Waals surface area contributed by atoms with Crippen LogP contribution in [0.25, 0.3) is 0 Å². The van der Waals surface area contributed by atoms with Crippen molar-refractivity contribution < 1.29 is 14.4 Å². The lowest BCUT2D eigenvalue weighted by atomic mass is 10.2. The highest BCUT2D eigenvalue weighted by atomic mass is 31.2. The van der Waals surface area contributed by atoms with Crippen LogP contribution in [0.2, 0.25) is 0 Å². The van der Waals surface area contributed by atoms with E-state index in [0.29, 0.717) is 5.56 Å². The molecule has 1 unspecified atom stereocenters. The van der Waals surface area contributed by atoms with Crippen LogP contribution in [0.15, 0.2) is 24.5 Å². The van der Waals surface area contributed by atoms with Crippen molar-refractivity contribution in [3.05, 3.63) is 30.1 Å². The predicted molar refractivity (Wildman–Crippen MR) is 44.7 cm³/mol. The van der Waals surface area contributed by atoms with Crippen LogP contribution in [-0.4, -0.2) is 14.8 Å². The number of aromatic nitrogens is 1. The fourth-order valence-electron chi connectivity index (χ4n) is 0.836. The molecule has 12 heavy (non-hydrogen) atoms. The summed E-state index contributed by atoms with van der Waals surface area (Å²) in [6.45, 7) is 1.50. The summed E-state index contributed by atoms with van der Waals surface area (Å²) in [4.78, 5) is 21.4. The first-order valence-electron chi connectivity index (χ1n) is 3.47. The van der Waals surface area contributed by atoms with Gasteiger partial charge in [-0.1, -0.05) is 0 Å². The first-order valence-corrected chi connectivity index (χ1v) is 5.15. The Hall–Kier alpha value is -0.700. The lowest BCUT2D eigenvalue weighted by molar-refractivity contribution is 0.361. The zero-order chi connectivity index (χ0) is 9.19. The van der Waals surface area contributed by atoms with Crippen molar-refractivity contribution in [2.24, 2.45) is 0 Å². The van der Waals surface area contributed by atoms with Crippen molar-refractivity contribution in [1.82, 2.24) is 4.98 Å². The fourth-order valence-corrected chi connectivity index (χ4v) is 1.40. The van der Waals surface area contributed by atoms with Crippen LogP contribution >= 0.6 is 7.60 Å². The van der Waals surface area contributed by atoms with E-state index in [0.717, 1.165) is 0 Å². The van der Waals surface area contributed by atoms with Gasteiger partial charge in [-0.25, -0.2) is 0 Å². The molecule has 0 saturated carbocycles. The largest absolute Gasteiger partial charge is 0.332 e. The lowest BCUT2D eigenvalue weighted by Crippen LogP contribution is -1.94. The van der Waals surface area contributed by atoms with Gasteiger partial charge in [0.15, 0.2) is 0 Å². The normalized spacial score (nSPS) is 14.2. The highest BCUT2D eigenvalue weighted by molar-refractivity contribution is 7.52. The van der Waals surface area contributed by atoms with Crippen molar-refractivity contribution in [2.75, 3.05) is 0 Å². The van der Waals surface area contributed by atoms with Gasteiger partial charge in [0.1, 0.15) is 0 Å². The number of hydrogen-bond donors (Lipinski definition) is 2. The maximum Gasteiger partial charge on any atom is 0.332 e.